The molecule has 1 aromatic heterocycles. The highest BCUT2D eigenvalue weighted by Crippen LogP contribution is 2.20. The van der Waals surface area contributed by atoms with Gasteiger partial charge in [-0.25, -0.2) is 4.98 Å². The van der Waals surface area contributed by atoms with E-state index < -0.39 is 0 Å². The third-order valence-corrected chi connectivity index (χ3v) is 3.75. The van der Waals surface area contributed by atoms with Crippen molar-refractivity contribution >= 4 is 5.82 Å². The van der Waals surface area contributed by atoms with E-state index in [2.05, 4.69) is 41.0 Å². The van der Waals surface area contributed by atoms with Gasteiger partial charge in [0.1, 0.15) is 5.82 Å². The number of hydrogen-bond donors (Lipinski definition) is 1. The molecule has 0 aliphatic carbocycles. The van der Waals surface area contributed by atoms with Crippen molar-refractivity contribution in [3.05, 3.63) is 23.9 Å². The van der Waals surface area contributed by atoms with Crippen LogP contribution in [-0.2, 0) is 0 Å². The summed E-state index contributed by atoms with van der Waals surface area (Å²) in [4.78, 5) is 9.23. The van der Waals surface area contributed by atoms with Crippen LogP contribution in [-0.4, -0.2) is 43.1 Å². The summed E-state index contributed by atoms with van der Waals surface area (Å²) in [5.41, 5.74) is 6.94. The number of pyridine rings is 1. The second-order valence-corrected chi connectivity index (χ2v) is 5.44. The minimum Gasteiger partial charge on any atom is -0.355 e. The number of rotatable bonds is 3. The maximum absolute atomic E-state index is 5.84. The average molecular weight is 248 g/mol. The minimum atomic E-state index is 0.0578. The summed E-state index contributed by atoms with van der Waals surface area (Å²) in [7, 11) is 4.31. The predicted molar refractivity (Wildman–Crippen MR) is 75.8 cm³/mol. The number of aromatic nitrogens is 1. The molecule has 1 saturated heterocycles. The van der Waals surface area contributed by atoms with E-state index in [1.807, 2.05) is 13.1 Å². The molecule has 1 aliphatic heterocycles. The molecule has 1 fully saturated rings. The Bertz CT molecular complexity index is 372. The first-order valence-electron chi connectivity index (χ1n) is 6.71. The summed E-state index contributed by atoms with van der Waals surface area (Å²) in [6, 6.07) is 4.87. The molecule has 0 spiro atoms. The lowest BCUT2D eigenvalue weighted by Gasteiger charge is -2.36. The molecule has 1 aliphatic rings. The molecule has 2 heterocycles. The number of nitrogens with two attached hydrogens (primary N) is 1. The standard InChI is InChI=1S/C14H24N4/c1-11(15)12-6-7-14(16-9-12)18-8-4-5-13(10-18)17(2)3/h6-7,9,11,13H,4-5,8,10,15H2,1-3H3/t11-,13?/m0/s1. The van der Waals surface area contributed by atoms with Gasteiger partial charge in [-0.3, -0.25) is 0 Å². The van der Waals surface area contributed by atoms with Crippen molar-refractivity contribution in [2.45, 2.75) is 31.8 Å². The first kappa shape index (κ1) is 13.3. The largest absolute Gasteiger partial charge is 0.355 e. The Labute approximate surface area is 110 Å². The highest BCUT2D eigenvalue weighted by Gasteiger charge is 2.22. The van der Waals surface area contributed by atoms with Crippen LogP contribution in [0.4, 0.5) is 5.82 Å². The second-order valence-electron chi connectivity index (χ2n) is 5.44. The summed E-state index contributed by atoms with van der Waals surface area (Å²) in [6.45, 7) is 4.16. The van der Waals surface area contributed by atoms with Crippen LogP contribution in [0.1, 0.15) is 31.4 Å². The van der Waals surface area contributed by atoms with Crippen molar-refractivity contribution < 1.29 is 0 Å². The Balaban J connectivity index is 2.06. The van der Waals surface area contributed by atoms with E-state index >= 15 is 0 Å². The fourth-order valence-electron chi connectivity index (χ4n) is 2.44. The van der Waals surface area contributed by atoms with Crippen LogP contribution in [0.15, 0.2) is 18.3 Å². The van der Waals surface area contributed by atoms with E-state index in [9.17, 15) is 0 Å². The summed E-state index contributed by atoms with van der Waals surface area (Å²) in [5, 5.41) is 0. The normalized spacial score (nSPS) is 22.3. The SMILES string of the molecule is C[C@H](N)c1ccc(N2CCCC(N(C)C)C2)nc1. The van der Waals surface area contributed by atoms with Crippen LogP contribution in [0.25, 0.3) is 0 Å². The maximum atomic E-state index is 5.84. The first-order chi connectivity index (χ1) is 8.58. The van der Waals surface area contributed by atoms with Crippen LogP contribution < -0.4 is 10.6 Å². The molecule has 100 valence electrons. The molecule has 4 heteroatoms. The van der Waals surface area contributed by atoms with Gasteiger partial charge in [0.2, 0.25) is 0 Å². The van der Waals surface area contributed by atoms with E-state index in [1.165, 1.54) is 12.8 Å². The molecule has 2 atom stereocenters. The number of nitrogens with zero attached hydrogens (tertiary/aromatic N) is 3. The second kappa shape index (κ2) is 5.67. The van der Waals surface area contributed by atoms with Crippen molar-refractivity contribution in [3.63, 3.8) is 0 Å². The Morgan fingerprint density at radius 2 is 2.22 bits per heavy atom. The van der Waals surface area contributed by atoms with Crippen LogP contribution in [0.2, 0.25) is 0 Å². The van der Waals surface area contributed by atoms with Gasteiger partial charge in [0.25, 0.3) is 0 Å². The van der Waals surface area contributed by atoms with E-state index in [0.717, 1.165) is 24.5 Å². The van der Waals surface area contributed by atoms with Gasteiger partial charge in [0.15, 0.2) is 0 Å². The van der Waals surface area contributed by atoms with E-state index in [0.29, 0.717) is 6.04 Å². The molecule has 0 aromatic carbocycles. The zero-order chi connectivity index (χ0) is 13.1. The number of piperidine rings is 1. The minimum absolute atomic E-state index is 0.0578. The molecule has 1 unspecified atom stereocenters. The van der Waals surface area contributed by atoms with Crippen molar-refractivity contribution in [2.24, 2.45) is 5.73 Å². The lowest BCUT2D eigenvalue weighted by molar-refractivity contribution is 0.257. The van der Waals surface area contributed by atoms with Gasteiger partial charge < -0.3 is 15.5 Å². The Kier molecular flexibility index (Phi) is 4.19. The Morgan fingerprint density at radius 1 is 1.44 bits per heavy atom. The van der Waals surface area contributed by atoms with Crippen LogP contribution in [0, 0.1) is 0 Å². The van der Waals surface area contributed by atoms with Gasteiger partial charge in [-0.15, -0.1) is 0 Å². The first-order valence-corrected chi connectivity index (χ1v) is 6.71. The van der Waals surface area contributed by atoms with E-state index in [-0.39, 0.29) is 6.04 Å². The Morgan fingerprint density at radius 3 is 2.78 bits per heavy atom. The van der Waals surface area contributed by atoms with Crippen LogP contribution >= 0.6 is 0 Å². The summed E-state index contributed by atoms with van der Waals surface area (Å²) in [5.74, 6) is 1.07. The van der Waals surface area contributed by atoms with Gasteiger partial charge in [0, 0.05) is 31.4 Å². The third-order valence-electron chi connectivity index (χ3n) is 3.75. The van der Waals surface area contributed by atoms with E-state index in [4.69, 9.17) is 5.73 Å². The lowest BCUT2D eigenvalue weighted by Crippen LogP contribution is -2.45. The molecule has 18 heavy (non-hydrogen) atoms. The molecule has 1 aromatic rings. The summed E-state index contributed by atoms with van der Waals surface area (Å²) >= 11 is 0. The molecule has 2 N–H and O–H groups in total. The lowest BCUT2D eigenvalue weighted by atomic mass is 10.0. The highest BCUT2D eigenvalue weighted by atomic mass is 15.2. The van der Waals surface area contributed by atoms with Crippen LogP contribution in [0.3, 0.4) is 0 Å². The molecular formula is C14H24N4. The molecular weight excluding hydrogens is 224 g/mol. The molecule has 0 saturated carbocycles. The van der Waals surface area contributed by atoms with Crippen molar-refractivity contribution in [1.82, 2.24) is 9.88 Å². The monoisotopic (exact) mass is 248 g/mol. The van der Waals surface area contributed by atoms with Crippen molar-refractivity contribution in [1.29, 1.82) is 0 Å². The van der Waals surface area contributed by atoms with Crippen molar-refractivity contribution in [3.8, 4) is 0 Å². The van der Waals surface area contributed by atoms with Gasteiger partial charge >= 0.3 is 0 Å². The fraction of sp³-hybridized carbons (Fsp3) is 0.643. The quantitative estimate of drug-likeness (QED) is 0.883. The molecule has 4 nitrogen and oxygen atoms in total. The number of anilines is 1. The van der Waals surface area contributed by atoms with Gasteiger partial charge in [-0.1, -0.05) is 6.07 Å². The predicted octanol–water partition coefficient (Wildman–Crippen LogP) is 1.63. The van der Waals surface area contributed by atoms with Gasteiger partial charge in [-0.05, 0) is 45.5 Å². The third kappa shape index (κ3) is 3.00. The maximum Gasteiger partial charge on any atom is 0.128 e. The zero-order valence-corrected chi connectivity index (χ0v) is 11.6. The Hall–Kier alpha value is -1.13. The van der Waals surface area contributed by atoms with Crippen molar-refractivity contribution in [2.75, 3.05) is 32.1 Å². The highest BCUT2D eigenvalue weighted by molar-refractivity contribution is 5.40. The van der Waals surface area contributed by atoms with Gasteiger partial charge in [0.05, 0.1) is 0 Å². The van der Waals surface area contributed by atoms with E-state index in [1.54, 1.807) is 0 Å². The molecule has 0 radical (unpaired) electrons. The molecule has 0 amide bonds. The average Bonchev–Trinajstić information content (AvgIpc) is 2.39. The number of hydrogen-bond acceptors (Lipinski definition) is 4. The zero-order valence-electron chi connectivity index (χ0n) is 11.6. The number of likely N-dealkylation sites (N-methyl/N-ethyl adjacent to an activating group) is 1. The fourth-order valence-corrected chi connectivity index (χ4v) is 2.44. The topological polar surface area (TPSA) is 45.4 Å². The summed E-state index contributed by atoms with van der Waals surface area (Å²) in [6.07, 6.45) is 4.42. The van der Waals surface area contributed by atoms with Crippen LogP contribution in [0.5, 0.6) is 0 Å². The van der Waals surface area contributed by atoms with Gasteiger partial charge in [-0.2, -0.15) is 0 Å². The smallest absolute Gasteiger partial charge is 0.128 e. The molecule has 2 rings (SSSR count). The summed E-state index contributed by atoms with van der Waals surface area (Å²) < 4.78 is 0. The molecule has 0 bridgehead atoms.